The zero-order valence-electron chi connectivity index (χ0n) is 7.10. The second-order valence-corrected chi connectivity index (χ2v) is 3.78. The fraction of sp³-hybridized carbons (Fsp3) is 0.333. The van der Waals surface area contributed by atoms with Gasteiger partial charge >= 0.3 is 0 Å². The largest absolute Gasteiger partial charge is 0.490 e. The van der Waals surface area contributed by atoms with Gasteiger partial charge in [-0.25, -0.2) is 4.39 Å². The van der Waals surface area contributed by atoms with Gasteiger partial charge in [0.2, 0.25) is 0 Å². The molecule has 0 saturated carbocycles. The average molecular weight is 246 g/mol. The number of hydrogen-bond acceptors (Lipinski definition) is 2. The summed E-state index contributed by atoms with van der Waals surface area (Å²) in [5.41, 5.74) is 0.622. The summed E-state index contributed by atoms with van der Waals surface area (Å²) in [5.74, 6) is 0.411. The first-order valence-corrected chi connectivity index (χ1v) is 4.81. The highest BCUT2D eigenvalue weighted by Gasteiger charge is 2.28. The molecule has 1 heterocycles. The molecule has 1 N–H and O–H groups in total. The molecule has 0 fully saturated rings. The summed E-state index contributed by atoms with van der Waals surface area (Å²) < 4.78 is 19.5. The van der Waals surface area contributed by atoms with Gasteiger partial charge in [0.15, 0.2) is 0 Å². The number of hydrogen-bond donors (Lipinski definition) is 1. The highest BCUT2D eigenvalue weighted by atomic mass is 79.9. The number of fused-ring (bicyclic) bond motifs is 1. The summed E-state index contributed by atoms with van der Waals surface area (Å²) in [4.78, 5) is 0. The standard InChI is InChI=1S/C9H9BrFNO/c1-12-7-4-13-9-5(10)2-3-6(11)8(7)9/h2-3,7,12H,4H2,1H3. The molecule has 1 unspecified atom stereocenters. The third-order valence-corrected chi connectivity index (χ3v) is 2.81. The maximum atomic E-state index is 13.4. The van der Waals surface area contributed by atoms with Gasteiger partial charge in [-0.15, -0.1) is 0 Å². The first-order chi connectivity index (χ1) is 6.24. The van der Waals surface area contributed by atoms with Gasteiger partial charge in [-0.1, -0.05) is 0 Å². The van der Waals surface area contributed by atoms with Crippen molar-refractivity contribution in [2.45, 2.75) is 6.04 Å². The Balaban J connectivity index is 2.55. The summed E-state index contributed by atoms with van der Waals surface area (Å²) in [7, 11) is 1.80. The van der Waals surface area contributed by atoms with Gasteiger partial charge in [-0.05, 0) is 35.1 Å². The second-order valence-electron chi connectivity index (χ2n) is 2.92. The Morgan fingerprint density at radius 2 is 2.38 bits per heavy atom. The summed E-state index contributed by atoms with van der Waals surface area (Å²) in [6.07, 6.45) is 0. The molecule has 1 aliphatic rings. The lowest BCUT2D eigenvalue weighted by Crippen LogP contribution is -2.18. The minimum atomic E-state index is -0.213. The molecule has 1 aromatic rings. The molecule has 0 saturated heterocycles. The van der Waals surface area contributed by atoms with Crippen LogP contribution >= 0.6 is 15.9 Å². The second kappa shape index (κ2) is 3.27. The van der Waals surface area contributed by atoms with Crippen LogP contribution in [0.4, 0.5) is 4.39 Å². The maximum Gasteiger partial charge on any atom is 0.141 e. The molecule has 0 spiro atoms. The van der Waals surface area contributed by atoms with Crippen LogP contribution in [-0.4, -0.2) is 13.7 Å². The average Bonchev–Trinajstić information content (AvgIpc) is 2.56. The molecule has 1 atom stereocenters. The highest BCUT2D eigenvalue weighted by molar-refractivity contribution is 9.10. The van der Waals surface area contributed by atoms with Crippen LogP contribution in [0.25, 0.3) is 0 Å². The number of ether oxygens (including phenoxy) is 1. The number of nitrogens with one attached hydrogen (secondary N) is 1. The van der Waals surface area contributed by atoms with Crippen LogP contribution in [0.1, 0.15) is 11.6 Å². The van der Waals surface area contributed by atoms with Crippen molar-refractivity contribution in [3.8, 4) is 5.75 Å². The van der Waals surface area contributed by atoms with Gasteiger partial charge in [-0.3, -0.25) is 0 Å². The summed E-state index contributed by atoms with van der Waals surface area (Å²) >= 11 is 3.32. The normalized spacial score (nSPS) is 19.8. The molecule has 0 aliphatic carbocycles. The van der Waals surface area contributed by atoms with Gasteiger partial charge in [0, 0.05) is 0 Å². The number of likely N-dealkylation sites (N-methyl/N-ethyl adjacent to an activating group) is 1. The third-order valence-electron chi connectivity index (χ3n) is 2.19. The Labute approximate surface area is 84.2 Å². The molecular weight excluding hydrogens is 237 g/mol. The molecule has 0 bridgehead atoms. The molecule has 13 heavy (non-hydrogen) atoms. The van der Waals surface area contributed by atoms with Crippen molar-refractivity contribution in [2.24, 2.45) is 0 Å². The predicted octanol–water partition coefficient (Wildman–Crippen LogP) is 2.24. The van der Waals surface area contributed by atoms with E-state index in [0.29, 0.717) is 17.9 Å². The van der Waals surface area contributed by atoms with Crippen LogP contribution < -0.4 is 10.1 Å². The third kappa shape index (κ3) is 1.34. The summed E-state index contributed by atoms with van der Waals surface area (Å²) in [6.45, 7) is 0.491. The highest BCUT2D eigenvalue weighted by Crippen LogP contribution is 2.39. The first kappa shape index (κ1) is 8.97. The van der Waals surface area contributed by atoms with Crippen LogP contribution in [0.2, 0.25) is 0 Å². The summed E-state index contributed by atoms with van der Waals surface area (Å²) in [6, 6.07) is 3.07. The lowest BCUT2D eigenvalue weighted by atomic mass is 10.1. The molecule has 1 aromatic carbocycles. The Bertz CT molecular complexity index is 343. The van der Waals surface area contributed by atoms with Gasteiger partial charge in [0.25, 0.3) is 0 Å². The molecule has 2 rings (SSSR count). The van der Waals surface area contributed by atoms with E-state index in [0.717, 1.165) is 4.47 Å². The van der Waals surface area contributed by atoms with Crippen molar-refractivity contribution < 1.29 is 9.13 Å². The van der Waals surface area contributed by atoms with E-state index < -0.39 is 0 Å². The van der Waals surface area contributed by atoms with E-state index in [-0.39, 0.29) is 11.9 Å². The predicted molar refractivity (Wildman–Crippen MR) is 51.4 cm³/mol. The van der Waals surface area contributed by atoms with E-state index >= 15 is 0 Å². The lowest BCUT2D eigenvalue weighted by molar-refractivity contribution is 0.316. The molecule has 70 valence electrons. The van der Waals surface area contributed by atoms with Crippen LogP contribution in [0.5, 0.6) is 5.75 Å². The Kier molecular flexibility index (Phi) is 2.26. The van der Waals surface area contributed by atoms with E-state index in [4.69, 9.17) is 4.74 Å². The van der Waals surface area contributed by atoms with E-state index in [9.17, 15) is 4.39 Å². The molecule has 0 amide bonds. The van der Waals surface area contributed by atoms with Gasteiger partial charge in [-0.2, -0.15) is 0 Å². The van der Waals surface area contributed by atoms with Crippen LogP contribution in [0.15, 0.2) is 16.6 Å². The monoisotopic (exact) mass is 245 g/mol. The van der Waals surface area contributed by atoms with E-state index in [2.05, 4.69) is 21.2 Å². The molecule has 4 heteroatoms. The van der Waals surface area contributed by atoms with E-state index in [1.807, 2.05) is 0 Å². The topological polar surface area (TPSA) is 21.3 Å². The molecule has 1 aliphatic heterocycles. The van der Waals surface area contributed by atoms with Crippen LogP contribution in [-0.2, 0) is 0 Å². The fourth-order valence-electron chi connectivity index (χ4n) is 1.50. The van der Waals surface area contributed by atoms with Crippen LogP contribution in [0.3, 0.4) is 0 Å². The zero-order chi connectivity index (χ0) is 9.42. The van der Waals surface area contributed by atoms with E-state index in [1.54, 1.807) is 13.1 Å². The minimum Gasteiger partial charge on any atom is -0.490 e. The number of rotatable bonds is 1. The van der Waals surface area contributed by atoms with Crippen LogP contribution in [0, 0.1) is 5.82 Å². The maximum absolute atomic E-state index is 13.4. The van der Waals surface area contributed by atoms with E-state index in [1.165, 1.54) is 6.07 Å². The fourth-order valence-corrected chi connectivity index (χ4v) is 1.96. The van der Waals surface area contributed by atoms with Gasteiger partial charge in [0.1, 0.15) is 18.2 Å². The lowest BCUT2D eigenvalue weighted by Gasteiger charge is -2.07. The molecular formula is C9H9BrFNO. The molecule has 0 aromatic heterocycles. The minimum absolute atomic E-state index is 0.0347. The van der Waals surface area contributed by atoms with Crippen molar-refractivity contribution in [1.82, 2.24) is 5.32 Å². The van der Waals surface area contributed by atoms with Gasteiger partial charge in [0.05, 0.1) is 16.1 Å². The Morgan fingerprint density at radius 1 is 1.62 bits per heavy atom. The Hall–Kier alpha value is -0.610. The molecule has 0 radical (unpaired) electrons. The SMILES string of the molecule is CNC1COc2c(Br)ccc(F)c21. The zero-order valence-corrected chi connectivity index (χ0v) is 8.69. The van der Waals surface area contributed by atoms with Gasteiger partial charge < -0.3 is 10.1 Å². The van der Waals surface area contributed by atoms with Crippen molar-refractivity contribution in [2.75, 3.05) is 13.7 Å². The Morgan fingerprint density at radius 3 is 3.08 bits per heavy atom. The number of halogens is 2. The van der Waals surface area contributed by atoms with Crippen molar-refractivity contribution in [3.63, 3.8) is 0 Å². The summed E-state index contributed by atoms with van der Waals surface area (Å²) in [5, 5.41) is 3.00. The number of benzene rings is 1. The smallest absolute Gasteiger partial charge is 0.141 e. The van der Waals surface area contributed by atoms with Crippen molar-refractivity contribution in [3.05, 3.63) is 28.0 Å². The van der Waals surface area contributed by atoms with Crippen molar-refractivity contribution in [1.29, 1.82) is 0 Å². The van der Waals surface area contributed by atoms with Crippen molar-refractivity contribution >= 4 is 15.9 Å². The first-order valence-electron chi connectivity index (χ1n) is 4.02. The quantitative estimate of drug-likeness (QED) is 0.820. The molecule has 2 nitrogen and oxygen atoms in total.